The quantitative estimate of drug-likeness (QED) is 0.638. The highest BCUT2D eigenvalue weighted by Crippen LogP contribution is 1.99. The van der Waals surface area contributed by atoms with Crippen molar-refractivity contribution in [1.29, 1.82) is 0 Å². The SMILES string of the molecule is CCC(=O)OCc1csnn1. The molecule has 4 nitrogen and oxygen atoms in total. The van der Waals surface area contributed by atoms with E-state index in [1.807, 2.05) is 0 Å². The fraction of sp³-hybridized carbons (Fsp3) is 0.500. The van der Waals surface area contributed by atoms with E-state index < -0.39 is 0 Å². The normalized spacial score (nSPS) is 9.55. The Kier molecular flexibility index (Phi) is 2.97. The minimum Gasteiger partial charge on any atom is -0.459 e. The summed E-state index contributed by atoms with van der Waals surface area (Å²) in [5, 5.41) is 5.47. The van der Waals surface area contributed by atoms with Gasteiger partial charge in [0.2, 0.25) is 0 Å². The second-order valence-electron chi connectivity index (χ2n) is 1.91. The molecule has 0 amide bonds. The summed E-state index contributed by atoms with van der Waals surface area (Å²) < 4.78 is 8.43. The highest BCUT2D eigenvalue weighted by Gasteiger charge is 2.00. The largest absolute Gasteiger partial charge is 0.459 e. The predicted molar refractivity (Wildman–Crippen MR) is 40.0 cm³/mol. The second-order valence-corrected chi connectivity index (χ2v) is 2.52. The van der Waals surface area contributed by atoms with E-state index >= 15 is 0 Å². The van der Waals surface area contributed by atoms with Crippen molar-refractivity contribution in [3.05, 3.63) is 11.1 Å². The molecule has 0 aromatic carbocycles. The first-order valence-electron chi connectivity index (χ1n) is 3.24. The minimum atomic E-state index is -0.210. The lowest BCUT2D eigenvalue weighted by Crippen LogP contribution is -2.02. The van der Waals surface area contributed by atoms with E-state index in [-0.39, 0.29) is 12.6 Å². The van der Waals surface area contributed by atoms with E-state index in [1.165, 1.54) is 11.5 Å². The highest BCUT2D eigenvalue weighted by molar-refractivity contribution is 7.03. The van der Waals surface area contributed by atoms with Crippen LogP contribution in [0.1, 0.15) is 19.0 Å². The second kappa shape index (κ2) is 4.02. The number of hydrogen-bond acceptors (Lipinski definition) is 5. The van der Waals surface area contributed by atoms with E-state index in [1.54, 1.807) is 12.3 Å². The number of esters is 1. The lowest BCUT2D eigenvalue weighted by atomic mass is 10.5. The van der Waals surface area contributed by atoms with Gasteiger partial charge in [0.05, 0.1) is 0 Å². The first-order valence-corrected chi connectivity index (χ1v) is 4.08. The molecule has 0 bridgehead atoms. The maximum atomic E-state index is 10.6. The molecule has 0 aliphatic rings. The summed E-state index contributed by atoms with van der Waals surface area (Å²) in [6, 6.07) is 0. The average Bonchev–Trinajstić information content (AvgIpc) is 2.52. The zero-order valence-electron chi connectivity index (χ0n) is 6.11. The maximum Gasteiger partial charge on any atom is 0.305 e. The Hall–Kier alpha value is -0.970. The van der Waals surface area contributed by atoms with Gasteiger partial charge in [0.1, 0.15) is 12.3 Å². The van der Waals surface area contributed by atoms with E-state index in [0.29, 0.717) is 12.1 Å². The Bertz CT molecular complexity index is 222. The molecule has 0 aliphatic carbocycles. The molecule has 11 heavy (non-hydrogen) atoms. The molecular weight excluding hydrogens is 164 g/mol. The van der Waals surface area contributed by atoms with E-state index in [2.05, 4.69) is 9.59 Å². The fourth-order valence-electron chi connectivity index (χ4n) is 0.503. The molecule has 0 saturated heterocycles. The number of nitrogens with zero attached hydrogens (tertiary/aromatic N) is 2. The Morgan fingerprint density at radius 3 is 3.18 bits per heavy atom. The zero-order valence-corrected chi connectivity index (χ0v) is 6.93. The first-order chi connectivity index (χ1) is 5.33. The molecule has 1 aromatic heterocycles. The average molecular weight is 172 g/mol. The summed E-state index contributed by atoms with van der Waals surface area (Å²) in [5.41, 5.74) is 0.705. The van der Waals surface area contributed by atoms with Crippen LogP contribution in [-0.4, -0.2) is 15.6 Å². The molecule has 1 heterocycles. The highest BCUT2D eigenvalue weighted by atomic mass is 32.1. The minimum absolute atomic E-state index is 0.210. The number of rotatable bonds is 3. The van der Waals surface area contributed by atoms with Crippen LogP contribution in [0.2, 0.25) is 0 Å². The number of carbonyl (C=O) groups is 1. The number of hydrogen-bond donors (Lipinski definition) is 0. The lowest BCUT2D eigenvalue weighted by Gasteiger charge is -1.97. The molecule has 5 heteroatoms. The van der Waals surface area contributed by atoms with Gasteiger partial charge in [0.25, 0.3) is 0 Å². The van der Waals surface area contributed by atoms with Gasteiger partial charge in [-0.2, -0.15) is 0 Å². The molecule has 0 N–H and O–H groups in total. The van der Waals surface area contributed by atoms with E-state index in [4.69, 9.17) is 4.74 Å². The van der Waals surface area contributed by atoms with Crippen molar-refractivity contribution in [3.8, 4) is 0 Å². The van der Waals surface area contributed by atoms with Gasteiger partial charge in [-0.15, -0.1) is 5.10 Å². The monoisotopic (exact) mass is 172 g/mol. The van der Waals surface area contributed by atoms with Crippen LogP contribution < -0.4 is 0 Å². The van der Waals surface area contributed by atoms with Crippen LogP contribution in [-0.2, 0) is 16.1 Å². The molecule has 0 aliphatic heterocycles. The standard InChI is InChI=1S/C6H8N2O2S/c1-2-6(9)10-3-5-4-11-8-7-5/h4H,2-3H2,1H3. The Morgan fingerprint density at radius 1 is 1.82 bits per heavy atom. The molecule has 0 unspecified atom stereocenters. The third kappa shape index (κ3) is 2.63. The third-order valence-corrected chi connectivity index (χ3v) is 1.63. The van der Waals surface area contributed by atoms with Gasteiger partial charge in [-0.25, -0.2) is 0 Å². The molecule has 0 saturated carbocycles. The van der Waals surface area contributed by atoms with E-state index in [0.717, 1.165) is 0 Å². The number of carbonyl (C=O) groups excluding carboxylic acids is 1. The van der Waals surface area contributed by atoms with Crippen molar-refractivity contribution in [3.63, 3.8) is 0 Å². The van der Waals surface area contributed by atoms with Crippen LogP contribution in [0, 0.1) is 0 Å². The van der Waals surface area contributed by atoms with Crippen LogP contribution in [0.4, 0.5) is 0 Å². The topological polar surface area (TPSA) is 52.1 Å². The Balaban J connectivity index is 2.29. The Morgan fingerprint density at radius 2 is 2.64 bits per heavy atom. The van der Waals surface area contributed by atoms with Crippen LogP contribution >= 0.6 is 11.5 Å². The van der Waals surface area contributed by atoms with Crippen molar-refractivity contribution >= 4 is 17.5 Å². The van der Waals surface area contributed by atoms with Crippen LogP contribution in [0.5, 0.6) is 0 Å². The van der Waals surface area contributed by atoms with Gasteiger partial charge >= 0.3 is 5.97 Å². The predicted octanol–water partition coefficient (Wildman–Crippen LogP) is 0.991. The maximum absolute atomic E-state index is 10.6. The van der Waals surface area contributed by atoms with Gasteiger partial charge in [0, 0.05) is 11.8 Å². The molecule has 1 aromatic rings. The molecule has 0 atom stereocenters. The van der Waals surface area contributed by atoms with Crippen molar-refractivity contribution in [1.82, 2.24) is 9.59 Å². The van der Waals surface area contributed by atoms with Crippen molar-refractivity contribution in [2.75, 3.05) is 0 Å². The van der Waals surface area contributed by atoms with Gasteiger partial charge in [-0.1, -0.05) is 11.4 Å². The summed E-state index contributed by atoms with van der Waals surface area (Å²) in [7, 11) is 0. The summed E-state index contributed by atoms with van der Waals surface area (Å²) in [6.07, 6.45) is 0.400. The van der Waals surface area contributed by atoms with Crippen molar-refractivity contribution in [2.24, 2.45) is 0 Å². The van der Waals surface area contributed by atoms with Crippen molar-refractivity contribution in [2.45, 2.75) is 20.0 Å². The fourth-order valence-corrected chi connectivity index (χ4v) is 0.939. The summed E-state index contributed by atoms with van der Waals surface area (Å²) in [4.78, 5) is 10.6. The van der Waals surface area contributed by atoms with Crippen LogP contribution in [0.15, 0.2) is 5.38 Å². The first kappa shape index (κ1) is 8.13. The molecule has 1 rings (SSSR count). The smallest absolute Gasteiger partial charge is 0.305 e. The number of ether oxygens (including phenoxy) is 1. The van der Waals surface area contributed by atoms with Crippen LogP contribution in [0.3, 0.4) is 0 Å². The Labute approximate surface area is 68.4 Å². The summed E-state index contributed by atoms with van der Waals surface area (Å²) in [6.45, 7) is 1.99. The van der Waals surface area contributed by atoms with E-state index in [9.17, 15) is 4.79 Å². The summed E-state index contributed by atoms with van der Waals surface area (Å²) in [5.74, 6) is -0.210. The van der Waals surface area contributed by atoms with Gasteiger partial charge < -0.3 is 4.74 Å². The third-order valence-electron chi connectivity index (χ3n) is 1.07. The lowest BCUT2D eigenvalue weighted by molar-refractivity contribution is -0.144. The van der Waals surface area contributed by atoms with Gasteiger partial charge in [0.15, 0.2) is 0 Å². The molecule has 0 radical (unpaired) electrons. The summed E-state index contributed by atoms with van der Waals surface area (Å²) >= 11 is 1.25. The van der Waals surface area contributed by atoms with Crippen LogP contribution in [0.25, 0.3) is 0 Å². The van der Waals surface area contributed by atoms with Gasteiger partial charge in [-0.3, -0.25) is 4.79 Å². The molecule has 60 valence electrons. The molecule has 0 fully saturated rings. The molecular formula is C6H8N2O2S. The van der Waals surface area contributed by atoms with Crippen molar-refractivity contribution < 1.29 is 9.53 Å². The van der Waals surface area contributed by atoms with Gasteiger partial charge in [-0.05, 0) is 11.5 Å². The molecule has 0 spiro atoms. The number of aromatic nitrogens is 2. The zero-order chi connectivity index (χ0) is 8.10.